The first kappa shape index (κ1) is 22.4. The van der Waals surface area contributed by atoms with Crippen LogP contribution in [0.1, 0.15) is 31.7 Å². The van der Waals surface area contributed by atoms with Crippen LogP contribution >= 0.6 is 0 Å². The number of fused-ring (bicyclic) bond motifs is 5. The summed E-state index contributed by atoms with van der Waals surface area (Å²) in [7, 11) is 1.68. The summed E-state index contributed by atoms with van der Waals surface area (Å²) in [5.41, 5.74) is 1.25. The van der Waals surface area contributed by atoms with Gasteiger partial charge in [0.05, 0.1) is 18.9 Å². The summed E-state index contributed by atoms with van der Waals surface area (Å²) in [6.45, 7) is 4.66. The van der Waals surface area contributed by atoms with Crippen LogP contribution in [0.25, 0.3) is 0 Å². The molecular weight excluding hydrogens is 404 g/mol. The number of ether oxygens (including phenoxy) is 1. The number of imide groups is 1. The highest BCUT2D eigenvalue weighted by molar-refractivity contribution is 6.06. The number of hydrogen-bond donors (Lipinski definition) is 2. The fourth-order valence-electron chi connectivity index (χ4n) is 5.27. The van der Waals surface area contributed by atoms with Gasteiger partial charge < -0.3 is 15.4 Å². The third-order valence-electron chi connectivity index (χ3n) is 6.78. The van der Waals surface area contributed by atoms with Crippen molar-refractivity contribution in [1.29, 1.82) is 0 Å². The number of likely N-dealkylation sites (tertiary alicyclic amines) is 1. The highest BCUT2D eigenvalue weighted by Crippen LogP contribution is 2.52. The Bertz CT molecular complexity index is 867. The molecule has 2 fully saturated rings. The first-order chi connectivity index (χ1) is 15.6. The van der Waals surface area contributed by atoms with Gasteiger partial charge in [-0.05, 0) is 62.1 Å². The van der Waals surface area contributed by atoms with Crippen molar-refractivity contribution < 1.29 is 14.3 Å². The topological polar surface area (TPSA) is 83.0 Å². The lowest BCUT2D eigenvalue weighted by molar-refractivity contribution is -0.140. The predicted molar refractivity (Wildman–Crippen MR) is 124 cm³/mol. The minimum atomic E-state index is -0.107. The molecule has 0 radical (unpaired) electrons. The number of carbonyl (C=O) groups is 2. The maximum Gasteiger partial charge on any atom is 0.233 e. The van der Waals surface area contributed by atoms with Gasteiger partial charge in [-0.1, -0.05) is 24.3 Å². The summed E-state index contributed by atoms with van der Waals surface area (Å²) in [5, 5.41) is 6.63. The van der Waals surface area contributed by atoms with Gasteiger partial charge in [0.25, 0.3) is 0 Å². The van der Waals surface area contributed by atoms with E-state index in [0.29, 0.717) is 19.5 Å². The summed E-state index contributed by atoms with van der Waals surface area (Å²) >= 11 is 0. The third kappa shape index (κ3) is 4.66. The number of benzene rings is 1. The molecular formula is C25H34N4O3. The fraction of sp³-hybridized carbons (Fsp3) is 0.560. The van der Waals surface area contributed by atoms with Crippen molar-refractivity contribution in [3.8, 4) is 5.75 Å². The number of allylic oxidation sites excluding steroid dienone is 2. The second kappa shape index (κ2) is 10.2. The quantitative estimate of drug-likeness (QED) is 0.193. The Balaban J connectivity index is 1.20. The number of nitrogens with zero attached hydrogens (tertiary/aromatic N) is 2. The first-order valence-corrected chi connectivity index (χ1v) is 11.8. The van der Waals surface area contributed by atoms with Crippen LogP contribution in [-0.4, -0.2) is 56.0 Å². The molecule has 172 valence electrons. The standard InChI is InChI=1S/C25H34N4O3/c1-3-26-25(27-12-5-8-17-7-4-9-20(15-17)32-2)28-13-6-14-29-23(30)21-18-10-11-19(16-18)22(21)24(29)31/h4,7,9-11,15,18-19,21-22H,3,5-6,8,12-14,16H2,1-2H3,(H2,26,27,28). The zero-order chi connectivity index (χ0) is 22.5. The van der Waals surface area contributed by atoms with Crippen molar-refractivity contribution in [3.63, 3.8) is 0 Å². The lowest BCUT2D eigenvalue weighted by Crippen LogP contribution is -2.38. The molecule has 1 aromatic rings. The SMILES string of the molecule is CCNC(=NCCCN1C(=O)C2C3C=CC(C3)C2C1=O)NCCCc1cccc(OC)c1. The van der Waals surface area contributed by atoms with Crippen LogP contribution in [-0.2, 0) is 16.0 Å². The highest BCUT2D eigenvalue weighted by atomic mass is 16.5. The smallest absolute Gasteiger partial charge is 0.233 e. The van der Waals surface area contributed by atoms with Crippen molar-refractivity contribution in [3.05, 3.63) is 42.0 Å². The third-order valence-corrected chi connectivity index (χ3v) is 6.78. The van der Waals surface area contributed by atoms with E-state index in [1.807, 2.05) is 19.1 Å². The first-order valence-electron chi connectivity index (χ1n) is 11.8. The molecule has 4 rings (SSSR count). The van der Waals surface area contributed by atoms with Crippen molar-refractivity contribution >= 4 is 17.8 Å². The number of guanidine groups is 1. The van der Waals surface area contributed by atoms with Gasteiger partial charge in [0.1, 0.15) is 5.75 Å². The Hall–Kier alpha value is -2.83. The zero-order valence-electron chi connectivity index (χ0n) is 19.0. The molecule has 0 aromatic heterocycles. The molecule has 1 heterocycles. The summed E-state index contributed by atoms with van der Waals surface area (Å²) in [5.74, 6) is 2.04. The van der Waals surface area contributed by atoms with E-state index in [4.69, 9.17) is 4.74 Å². The molecule has 4 atom stereocenters. The second-order valence-electron chi connectivity index (χ2n) is 8.82. The zero-order valence-corrected chi connectivity index (χ0v) is 19.0. The molecule has 2 bridgehead atoms. The summed E-state index contributed by atoms with van der Waals surface area (Å²) in [6.07, 6.45) is 7.86. The van der Waals surface area contributed by atoms with Crippen LogP contribution in [0.5, 0.6) is 5.75 Å². The molecule has 2 amide bonds. The van der Waals surface area contributed by atoms with Gasteiger partial charge in [0.2, 0.25) is 11.8 Å². The molecule has 7 nitrogen and oxygen atoms in total. The highest BCUT2D eigenvalue weighted by Gasteiger charge is 2.58. The average Bonchev–Trinajstić information content (AvgIpc) is 3.49. The Morgan fingerprint density at radius 2 is 1.88 bits per heavy atom. The molecule has 1 aliphatic heterocycles. The van der Waals surface area contributed by atoms with Crippen LogP contribution in [0, 0.1) is 23.7 Å². The number of methoxy groups -OCH3 is 1. The molecule has 32 heavy (non-hydrogen) atoms. The Kier molecular flexibility index (Phi) is 7.12. The van der Waals surface area contributed by atoms with Gasteiger partial charge in [-0.25, -0.2) is 0 Å². The van der Waals surface area contributed by atoms with Gasteiger partial charge in [-0.15, -0.1) is 0 Å². The van der Waals surface area contributed by atoms with E-state index in [-0.39, 0.29) is 35.5 Å². The maximum atomic E-state index is 12.8. The number of hydrogen-bond acceptors (Lipinski definition) is 4. The minimum Gasteiger partial charge on any atom is -0.497 e. The van der Waals surface area contributed by atoms with Crippen LogP contribution in [0.15, 0.2) is 41.4 Å². The lowest BCUT2D eigenvalue weighted by atomic mass is 9.85. The summed E-state index contributed by atoms with van der Waals surface area (Å²) < 4.78 is 5.28. The van der Waals surface area contributed by atoms with Gasteiger partial charge in [-0.2, -0.15) is 0 Å². The number of nitrogens with one attached hydrogen (secondary N) is 2. The molecule has 1 saturated heterocycles. The van der Waals surface area contributed by atoms with Gasteiger partial charge in [0.15, 0.2) is 5.96 Å². The fourth-order valence-corrected chi connectivity index (χ4v) is 5.27. The van der Waals surface area contributed by atoms with E-state index in [1.54, 1.807) is 7.11 Å². The molecule has 7 heteroatoms. The molecule has 2 N–H and O–H groups in total. The van der Waals surface area contributed by atoms with Crippen LogP contribution in [0.2, 0.25) is 0 Å². The largest absolute Gasteiger partial charge is 0.497 e. The predicted octanol–water partition coefficient (Wildman–Crippen LogP) is 2.38. The van der Waals surface area contributed by atoms with E-state index in [1.165, 1.54) is 10.5 Å². The van der Waals surface area contributed by atoms with E-state index in [0.717, 1.165) is 44.1 Å². The normalized spacial score (nSPS) is 26.1. The Morgan fingerprint density at radius 1 is 1.12 bits per heavy atom. The van der Waals surface area contributed by atoms with E-state index in [2.05, 4.69) is 39.9 Å². The number of aliphatic imine (C=N–C) groups is 1. The van der Waals surface area contributed by atoms with E-state index >= 15 is 0 Å². The lowest BCUT2D eigenvalue weighted by Gasteiger charge is -2.17. The van der Waals surface area contributed by atoms with Gasteiger partial charge in [-0.3, -0.25) is 19.5 Å². The number of rotatable bonds is 10. The number of aryl methyl sites for hydroxylation is 1. The molecule has 4 unspecified atom stereocenters. The average molecular weight is 439 g/mol. The van der Waals surface area contributed by atoms with Gasteiger partial charge in [0, 0.05) is 26.2 Å². The maximum absolute atomic E-state index is 12.8. The van der Waals surface area contributed by atoms with Crippen molar-refractivity contribution in [2.45, 2.75) is 32.6 Å². The Morgan fingerprint density at radius 3 is 2.56 bits per heavy atom. The molecule has 3 aliphatic rings. The van der Waals surface area contributed by atoms with Gasteiger partial charge >= 0.3 is 0 Å². The van der Waals surface area contributed by atoms with Crippen LogP contribution in [0.3, 0.4) is 0 Å². The van der Waals surface area contributed by atoms with Crippen LogP contribution in [0.4, 0.5) is 0 Å². The van der Waals surface area contributed by atoms with Crippen molar-refractivity contribution in [2.24, 2.45) is 28.7 Å². The molecule has 1 aromatic carbocycles. The summed E-state index contributed by atoms with van der Waals surface area (Å²) in [4.78, 5) is 31.6. The van der Waals surface area contributed by atoms with Crippen molar-refractivity contribution in [2.75, 3.05) is 33.3 Å². The monoisotopic (exact) mass is 438 g/mol. The Labute approximate surface area is 190 Å². The van der Waals surface area contributed by atoms with Crippen LogP contribution < -0.4 is 15.4 Å². The number of carbonyl (C=O) groups excluding carboxylic acids is 2. The second-order valence-corrected chi connectivity index (χ2v) is 8.82. The molecule has 0 spiro atoms. The van der Waals surface area contributed by atoms with Crippen molar-refractivity contribution in [1.82, 2.24) is 15.5 Å². The minimum absolute atomic E-state index is 0.0309. The molecule has 2 aliphatic carbocycles. The van der Waals surface area contributed by atoms with E-state index in [9.17, 15) is 9.59 Å². The molecule has 1 saturated carbocycles. The van der Waals surface area contributed by atoms with E-state index < -0.39 is 0 Å². The summed E-state index contributed by atoms with van der Waals surface area (Å²) in [6, 6.07) is 8.14. The number of amides is 2.